The Hall–Kier alpha value is -1.67. The van der Waals surface area contributed by atoms with Crippen LogP contribution in [-0.2, 0) is 0 Å². The summed E-state index contributed by atoms with van der Waals surface area (Å²) in [5, 5.41) is 0.711. The summed E-state index contributed by atoms with van der Waals surface area (Å²) in [6.07, 6.45) is 0. The molecule has 88 valence electrons. The third kappa shape index (κ3) is 2.53. The topological polar surface area (TPSA) is 18.5 Å². The Bertz CT molecular complexity index is 501. The molecule has 0 amide bonds. The highest BCUT2D eigenvalue weighted by Crippen LogP contribution is 2.33. The Morgan fingerprint density at radius 2 is 1.47 bits per heavy atom. The zero-order valence-corrected chi connectivity index (χ0v) is 10.5. The maximum Gasteiger partial charge on any atom is 0.123 e. The number of benzene rings is 2. The lowest BCUT2D eigenvalue weighted by atomic mass is 10.1. The molecule has 2 aromatic rings. The van der Waals surface area contributed by atoms with Gasteiger partial charge in [-0.1, -0.05) is 29.8 Å². The van der Waals surface area contributed by atoms with E-state index in [0.717, 1.165) is 22.6 Å². The molecule has 0 atom stereocenters. The Kier molecular flexibility index (Phi) is 3.55. The van der Waals surface area contributed by atoms with E-state index in [-0.39, 0.29) is 0 Å². The highest BCUT2D eigenvalue weighted by molar-refractivity contribution is 6.33. The standard InChI is InChI=1S/C14H13ClO2/c1-16-11-7-10(8-12(9-11)17-2)13-5-3-4-6-14(13)15/h3-9H,1-2H3. The Morgan fingerprint density at radius 3 is 2.00 bits per heavy atom. The fourth-order valence-electron chi connectivity index (χ4n) is 1.66. The van der Waals surface area contributed by atoms with E-state index in [0.29, 0.717) is 5.02 Å². The summed E-state index contributed by atoms with van der Waals surface area (Å²) in [6.45, 7) is 0. The van der Waals surface area contributed by atoms with Crippen LogP contribution in [0.15, 0.2) is 42.5 Å². The van der Waals surface area contributed by atoms with Gasteiger partial charge in [0.25, 0.3) is 0 Å². The van der Waals surface area contributed by atoms with Gasteiger partial charge in [0.05, 0.1) is 14.2 Å². The highest BCUT2D eigenvalue weighted by atomic mass is 35.5. The molecule has 2 rings (SSSR count). The van der Waals surface area contributed by atoms with Crippen LogP contribution < -0.4 is 9.47 Å². The minimum Gasteiger partial charge on any atom is -0.497 e. The molecule has 0 saturated heterocycles. The maximum atomic E-state index is 6.17. The van der Waals surface area contributed by atoms with Crippen LogP contribution in [-0.4, -0.2) is 14.2 Å². The Balaban J connectivity index is 2.55. The number of hydrogen-bond donors (Lipinski definition) is 0. The monoisotopic (exact) mass is 248 g/mol. The van der Waals surface area contributed by atoms with Crippen LogP contribution in [0.5, 0.6) is 11.5 Å². The molecule has 0 heterocycles. The molecule has 3 heteroatoms. The number of rotatable bonds is 3. The van der Waals surface area contributed by atoms with E-state index < -0.39 is 0 Å². The molecule has 0 saturated carbocycles. The summed E-state index contributed by atoms with van der Waals surface area (Å²) in [6, 6.07) is 13.4. The van der Waals surface area contributed by atoms with E-state index in [2.05, 4.69) is 0 Å². The van der Waals surface area contributed by atoms with Gasteiger partial charge in [-0.05, 0) is 23.8 Å². The van der Waals surface area contributed by atoms with Crippen LogP contribution in [0.4, 0.5) is 0 Å². The van der Waals surface area contributed by atoms with Crippen molar-refractivity contribution < 1.29 is 9.47 Å². The first-order chi connectivity index (χ1) is 8.24. The second-order valence-corrected chi connectivity index (χ2v) is 3.99. The lowest BCUT2D eigenvalue weighted by Gasteiger charge is -2.09. The molecule has 0 aromatic heterocycles. The van der Waals surface area contributed by atoms with Crippen molar-refractivity contribution in [2.75, 3.05) is 14.2 Å². The Labute approximate surface area is 106 Å². The molecule has 0 bridgehead atoms. The number of methoxy groups -OCH3 is 2. The average Bonchev–Trinajstić information content (AvgIpc) is 2.38. The van der Waals surface area contributed by atoms with Gasteiger partial charge in [0, 0.05) is 16.7 Å². The molecule has 0 spiro atoms. The van der Waals surface area contributed by atoms with E-state index in [1.807, 2.05) is 42.5 Å². The first-order valence-electron chi connectivity index (χ1n) is 5.22. The van der Waals surface area contributed by atoms with Gasteiger partial charge < -0.3 is 9.47 Å². The SMILES string of the molecule is COc1cc(OC)cc(-c2ccccc2Cl)c1. The van der Waals surface area contributed by atoms with E-state index in [4.69, 9.17) is 21.1 Å². The largest absolute Gasteiger partial charge is 0.497 e. The van der Waals surface area contributed by atoms with E-state index in [9.17, 15) is 0 Å². The molecule has 0 fully saturated rings. The zero-order valence-electron chi connectivity index (χ0n) is 9.74. The minimum absolute atomic E-state index is 0.711. The molecular weight excluding hydrogens is 236 g/mol. The fourth-order valence-corrected chi connectivity index (χ4v) is 1.90. The molecule has 2 nitrogen and oxygen atoms in total. The first-order valence-corrected chi connectivity index (χ1v) is 5.60. The summed E-state index contributed by atoms with van der Waals surface area (Å²) in [4.78, 5) is 0. The smallest absolute Gasteiger partial charge is 0.123 e. The van der Waals surface area contributed by atoms with Gasteiger partial charge in [0.15, 0.2) is 0 Å². The third-order valence-corrected chi connectivity index (χ3v) is 2.87. The van der Waals surface area contributed by atoms with E-state index in [1.165, 1.54) is 0 Å². The molecule has 0 N–H and O–H groups in total. The molecule has 0 aliphatic rings. The summed E-state index contributed by atoms with van der Waals surface area (Å²) < 4.78 is 10.5. The van der Waals surface area contributed by atoms with Gasteiger partial charge in [-0.3, -0.25) is 0 Å². The second-order valence-electron chi connectivity index (χ2n) is 3.58. The molecular formula is C14H13ClO2. The number of halogens is 1. The van der Waals surface area contributed by atoms with Crippen LogP contribution in [0.1, 0.15) is 0 Å². The van der Waals surface area contributed by atoms with E-state index in [1.54, 1.807) is 14.2 Å². The molecule has 0 unspecified atom stereocenters. The van der Waals surface area contributed by atoms with Crippen molar-refractivity contribution in [3.8, 4) is 22.6 Å². The quantitative estimate of drug-likeness (QED) is 0.817. The zero-order chi connectivity index (χ0) is 12.3. The molecule has 0 aliphatic heterocycles. The number of hydrogen-bond acceptors (Lipinski definition) is 2. The fraction of sp³-hybridized carbons (Fsp3) is 0.143. The van der Waals surface area contributed by atoms with Crippen molar-refractivity contribution in [3.05, 3.63) is 47.5 Å². The third-order valence-electron chi connectivity index (χ3n) is 2.54. The summed E-state index contributed by atoms with van der Waals surface area (Å²) in [7, 11) is 3.26. The van der Waals surface area contributed by atoms with Crippen molar-refractivity contribution in [1.29, 1.82) is 0 Å². The van der Waals surface area contributed by atoms with Crippen molar-refractivity contribution in [1.82, 2.24) is 0 Å². The predicted molar refractivity (Wildman–Crippen MR) is 70.0 cm³/mol. The van der Waals surface area contributed by atoms with Crippen LogP contribution in [0.2, 0.25) is 5.02 Å². The molecule has 17 heavy (non-hydrogen) atoms. The van der Waals surface area contributed by atoms with Gasteiger partial charge in [0.1, 0.15) is 11.5 Å². The summed E-state index contributed by atoms with van der Waals surface area (Å²) in [5.74, 6) is 1.50. The summed E-state index contributed by atoms with van der Waals surface area (Å²) in [5.41, 5.74) is 1.94. The normalized spacial score (nSPS) is 10.1. The average molecular weight is 249 g/mol. The Morgan fingerprint density at radius 1 is 0.882 bits per heavy atom. The van der Waals surface area contributed by atoms with Crippen molar-refractivity contribution in [2.24, 2.45) is 0 Å². The van der Waals surface area contributed by atoms with Gasteiger partial charge in [0.2, 0.25) is 0 Å². The van der Waals surface area contributed by atoms with Crippen LogP contribution in [0, 0.1) is 0 Å². The van der Waals surface area contributed by atoms with Gasteiger partial charge in [-0.25, -0.2) is 0 Å². The minimum atomic E-state index is 0.711. The molecule has 0 aliphatic carbocycles. The predicted octanol–water partition coefficient (Wildman–Crippen LogP) is 4.02. The maximum absolute atomic E-state index is 6.17. The van der Waals surface area contributed by atoms with Gasteiger partial charge in [-0.15, -0.1) is 0 Å². The highest BCUT2D eigenvalue weighted by Gasteiger charge is 2.06. The van der Waals surface area contributed by atoms with E-state index >= 15 is 0 Å². The van der Waals surface area contributed by atoms with Gasteiger partial charge >= 0.3 is 0 Å². The van der Waals surface area contributed by atoms with Crippen molar-refractivity contribution in [2.45, 2.75) is 0 Å². The lowest BCUT2D eigenvalue weighted by molar-refractivity contribution is 0.394. The van der Waals surface area contributed by atoms with Crippen molar-refractivity contribution in [3.63, 3.8) is 0 Å². The molecule has 0 radical (unpaired) electrons. The lowest BCUT2D eigenvalue weighted by Crippen LogP contribution is -1.89. The van der Waals surface area contributed by atoms with Crippen LogP contribution in [0.3, 0.4) is 0 Å². The first kappa shape index (κ1) is 11.8. The summed E-state index contributed by atoms with van der Waals surface area (Å²) >= 11 is 6.17. The van der Waals surface area contributed by atoms with Crippen molar-refractivity contribution >= 4 is 11.6 Å². The number of ether oxygens (including phenoxy) is 2. The van der Waals surface area contributed by atoms with Crippen LogP contribution in [0.25, 0.3) is 11.1 Å². The van der Waals surface area contributed by atoms with Crippen LogP contribution >= 0.6 is 11.6 Å². The second kappa shape index (κ2) is 5.11. The molecule has 2 aromatic carbocycles. The van der Waals surface area contributed by atoms with Gasteiger partial charge in [-0.2, -0.15) is 0 Å².